The lowest BCUT2D eigenvalue weighted by Gasteiger charge is -2.14. The average molecular weight is 486 g/mol. The molecule has 0 aliphatic heterocycles. The SMILES string of the molecule is CC1(C)C(/C=C(\Cl)C(F)(F)F)[C@H]1C(=O)O[C@H](C#N)c1ccc(F)c(Oc2ccc(F)cc2)c1. The fourth-order valence-electron chi connectivity index (χ4n) is 3.44. The molecule has 33 heavy (non-hydrogen) atoms. The van der Waals surface area contributed by atoms with Crippen LogP contribution in [0.5, 0.6) is 11.5 Å². The Morgan fingerprint density at radius 1 is 1.18 bits per heavy atom. The van der Waals surface area contributed by atoms with Gasteiger partial charge in [0.1, 0.15) is 22.7 Å². The summed E-state index contributed by atoms with van der Waals surface area (Å²) in [5.41, 5.74) is -0.773. The maximum Gasteiger partial charge on any atom is 0.426 e. The average Bonchev–Trinajstić information content (AvgIpc) is 3.28. The van der Waals surface area contributed by atoms with E-state index in [-0.39, 0.29) is 17.1 Å². The molecule has 1 aliphatic carbocycles. The Labute approximate surface area is 191 Å². The Balaban J connectivity index is 1.76. The first-order valence-corrected chi connectivity index (χ1v) is 10.00. The summed E-state index contributed by atoms with van der Waals surface area (Å²) in [4.78, 5) is 12.6. The van der Waals surface area contributed by atoms with Gasteiger partial charge in [0.15, 0.2) is 11.6 Å². The number of allylic oxidation sites excluding steroid dienone is 2. The molecule has 0 saturated heterocycles. The first-order chi connectivity index (χ1) is 15.3. The highest BCUT2D eigenvalue weighted by Gasteiger charge is 2.62. The van der Waals surface area contributed by atoms with Gasteiger partial charge in [0, 0.05) is 5.56 Å². The van der Waals surface area contributed by atoms with E-state index in [0.717, 1.165) is 30.3 Å². The second-order valence-electron chi connectivity index (χ2n) is 8.03. The lowest BCUT2D eigenvalue weighted by molar-refractivity contribution is -0.149. The molecule has 0 amide bonds. The van der Waals surface area contributed by atoms with Crippen LogP contribution in [0.2, 0.25) is 0 Å². The number of benzene rings is 2. The Bertz CT molecular complexity index is 1120. The van der Waals surface area contributed by atoms with Crippen LogP contribution in [0.4, 0.5) is 22.0 Å². The number of halogens is 6. The van der Waals surface area contributed by atoms with Crippen LogP contribution in [-0.4, -0.2) is 12.1 Å². The molecule has 0 aromatic heterocycles. The zero-order valence-electron chi connectivity index (χ0n) is 17.3. The van der Waals surface area contributed by atoms with Crippen LogP contribution in [0.15, 0.2) is 53.6 Å². The van der Waals surface area contributed by atoms with Crippen molar-refractivity contribution < 1.29 is 36.2 Å². The van der Waals surface area contributed by atoms with E-state index in [1.54, 1.807) is 19.9 Å². The van der Waals surface area contributed by atoms with Crippen LogP contribution in [-0.2, 0) is 9.53 Å². The molecule has 4 nitrogen and oxygen atoms in total. The number of hydrogen-bond donors (Lipinski definition) is 0. The van der Waals surface area contributed by atoms with E-state index in [2.05, 4.69) is 0 Å². The number of nitrogens with zero attached hydrogens (tertiary/aromatic N) is 1. The number of esters is 1. The number of carbonyl (C=O) groups excluding carboxylic acids is 1. The van der Waals surface area contributed by atoms with E-state index in [1.165, 1.54) is 18.2 Å². The van der Waals surface area contributed by atoms with E-state index in [4.69, 9.17) is 21.1 Å². The fourth-order valence-corrected chi connectivity index (χ4v) is 3.58. The molecule has 1 aliphatic rings. The zero-order chi connectivity index (χ0) is 24.6. The molecule has 10 heteroatoms. The van der Waals surface area contributed by atoms with Crippen molar-refractivity contribution in [1.82, 2.24) is 0 Å². The van der Waals surface area contributed by atoms with E-state index >= 15 is 0 Å². The standard InChI is InChI=1S/C23H17ClF5NO3/c1-22(2)15(10-19(24)23(27,28)29)20(22)21(31)33-18(11-30)12-3-8-16(26)17(9-12)32-14-6-4-13(25)5-7-14/h3-10,15,18,20H,1-2H3/b19-10-/t15?,18-,20+/m1/s1. The van der Waals surface area contributed by atoms with Crippen molar-refractivity contribution in [1.29, 1.82) is 5.26 Å². The third-order valence-corrected chi connectivity index (χ3v) is 5.75. The Morgan fingerprint density at radius 2 is 1.82 bits per heavy atom. The summed E-state index contributed by atoms with van der Waals surface area (Å²) >= 11 is 5.29. The molecule has 1 unspecified atom stereocenters. The van der Waals surface area contributed by atoms with Crippen molar-refractivity contribution in [3.05, 3.63) is 70.8 Å². The Morgan fingerprint density at radius 3 is 2.39 bits per heavy atom. The van der Waals surface area contributed by atoms with Gasteiger partial charge >= 0.3 is 12.1 Å². The number of alkyl halides is 3. The first-order valence-electron chi connectivity index (χ1n) is 9.62. The minimum Gasteiger partial charge on any atom is -0.454 e. The summed E-state index contributed by atoms with van der Waals surface area (Å²) in [7, 11) is 0. The zero-order valence-corrected chi connectivity index (χ0v) is 18.0. The molecular weight excluding hydrogens is 469 g/mol. The van der Waals surface area contributed by atoms with Crippen molar-refractivity contribution in [2.75, 3.05) is 0 Å². The number of nitriles is 1. The topological polar surface area (TPSA) is 59.3 Å². The molecule has 2 aromatic rings. The van der Waals surface area contributed by atoms with Gasteiger partial charge in [0.05, 0.1) is 5.92 Å². The first kappa shape index (κ1) is 24.5. The molecular formula is C23H17ClF5NO3. The second kappa shape index (κ2) is 9.02. The van der Waals surface area contributed by atoms with Gasteiger partial charge in [-0.25, -0.2) is 8.78 Å². The van der Waals surface area contributed by atoms with Crippen LogP contribution in [0, 0.1) is 40.2 Å². The monoisotopic (exact) mass is 485 g/mol. The number of hydrogen-bond acceptors (Lipinski definition) is 4. The minimum atomic E-state index is -4.74. The van der Waals surface area contributed by atoms with Gasteiger partial charge in [0.25, 0.3) is 0 Å². The smallest absolute Gasteiger partial charge is 0.426 e. The Kier molecular flexibility index (Phi) is 6.70. The molecule has 2 aromatic carbocycles. The van der Waals surface area contributed by atoms with Crippen molar-refractivity contribution in [2.45, 2.75) is 26.1 Å². The van der Waals surface area contributed by atoms with Gasteiger partial charge in [-0.2, -0.15) is 18.4 Å². The normalized spacial score (nSPS) is 20.5. The van der Waals surface area contributed by atoms with Crippen molar-refractivity contribution in [3.63, 3.8) is 0 Å². The summed E-state index contributed by atoms with van der Waals surface area (Å²) in [6.07, 6.45) is -5.44. The van der Waals surface area contributed by atoms with E-state index in [0.29, 0.717) is 0 Å². The number of carbonyl (C=O) groups is 1. The predicted octanol–water partition coefficient (Wildman–Crippen LogP) is 6.82. The highest BCUT2D eigenvalue weighted by molar-refractivity contribution is 6.30. The van der Waals surface area contributed by atoms with Gasteiger partial charge in [-0.1, -0.05) is 37.6 Å². The molecule has 0 bridgehead atoms. The number of ether oxygens (including phenoxy) is 2. The molecule has 0 radical (unpaired) electrons. The van der Waals surface area contributed by atoms with Gasteiger partial charge in [-0.3, -0.25) is 4.79 Å². The highest BCUT2D eigenvalue weighted by atomic mass is 35.5. The largest absolute Gasteiger partial charge is 0.454 e. The predicted molar refractivity (Wildman–Crippen MR) is 108 cm³/mol. The molecule has 0 N–H and O–H groups in total. The van der Waals surface area contributed by atoms with E-state index in [9.17, 15) is 32.0 Å². The summed E-state index contributed by atoms with van der Waals surface area (Å²) in [6, 6.07) is 9.91. The summed E-state index contributed by atoms with van der Waals surface area (Å²) < 4.78 is 76.0. The maximum atomic E-state index is 14.2. The lowest BCUT2D eigenvalue weighted by Crippen LogP contribution is -2.15. The molecule has 3 atom stereocenters. The van der Waals surface area contributed by atoms with Gasteiger partial charge < -0.3 is 9.47 Å². The van der Waals surface area contributed by atoms with Crippen LogP contribution in [0.25, 0.3) is 0 Å². The van der Waals surface area contributed by atoms with Crippen LogP contribution >= 0.6 is 11.6 Å². The van der Waals surface area contributed by atoms with Crippen molar-refractivity contribution in [2.24, 2.45) is 17.3 Å². The summed E-state index contributed by atoms with van der Waals surface area (Å²) in [5, 5.41) is 8.13. The molecule has 174 valence electrons. The molecule has 0 heterocycles. The fraction of sp³-hybridized carbons (Fsp3) is 0.304. The Hall–Kier alpha value is -3.12. The van der Waals surface area contributed by atoms with Crippen LogP contribution in [0.3, 0.4) is 0 Å². The van der Waals surface area contributed by atoms with E-state index in [1.807, 2.05) is 0 Å². The summed E-state index contributed by atoms with van der Waals surface area (Å²) in [5.74, 6) is -4.11. The highest BCUT2D eigenvalue weighted by Crippen LogP contribution is 2.60. The van der Waals surface area contributed by atoms with Crippen molar-refractivity contribution >= 4 is 17.6 Å². The maximum absolute atomic E-state index is 14.2. The molecule has 0 spiro atoms. The van der Waals surface area contributed by atoms with Gasteiger partial charge in [-0.05, 0) is 47.7 Å². The van der Waals surface area contributed by atoms with Crippen molar-refractivity contribution in [3.8, 4) is 17.6 Å². The minimum absolute atomic E-state index is 0.0863. The lowest BCUT2D eigenvalue weighted by atomic mass is 10.1. The molecule has 1 fully saturated rings. The third kappa shape index (κ3) is 5.45. The third-order valence-electron chi connectivity index (χ3n) is 5.41. The van der Waals surface area contributed by atoms with Gasteiger partial charge in [-0.15, -0.1) is 0 Å². The number of rotatable bonds is 6. The molecule has 1 saturated carbocycles. The van der Waals surface area contributed by atoms with Gasteiger partial charge in [0.2, 0.25) is 6.10 Å². The van der Waals surface area contributed by atoms with E-state index < -0.39 is 52.2 Å². The quantitative estimate of drug-likeness (QED) is 0.332. The second-order valence-corrected chi connectivity index (χ2v) is 8.44. The summed E-state index contributed by atoms with van der Waals surface area (Å²) in [6.45, 7) is 3.16. The van der Waals surface area contributed by atoms with Crippen LogP contribution in [0.1, 0.15) is 25.5 Å². The van der Waals surface area contributed by atoms with Crippen LogP contribution < -0.4 is 4.74 Å². The molecule has 3 rings (SSSR count).